The molecule has 0 saturated carbocycles. The second kappa shape index (κ2) is 5.70. The van der Waals surface area contributed by atoms with Gasteiger partial charge in [0, 0.05) is 25.3 Å². The zero-order chi connectivity index (χ0) is 14.9. The fraction of sp³-hybridized carbons (Fsp3) is 0.688. The van der Waals surface area contributed by atoms with Gasteiger partial charge in [-0.1, -0.05) is 13.8 Å². The molecule has 0 amide bonds. The first-order valence-electron chi connectivity index (χ1n) is 7.44. The van der Waals surface area contributed by atoms with Gasteiger partial charge in [0.15, 0.2) is 0 Å². The first-order chi connectivity index (χ1) is 9.30. The van der Waals surface area contributed by atoms with E-state index in [1.54, 1.807) is 0 Å². The molecular formula is C16H27N3O. The number of pyridine rings is 1. The first kappa shape index (κ1) is 15.3. The van der Waals surface area contributed by atoms with Crippen LogP contribution in [0.4, 0.5) is 5.82 Å². The van der Waals surface area contributed by atoms with E-state index in [9.17, 15) is 0 Å². The van der Waals surface area contributed by atoms with E-state index < -0.39 is 0 Å². The summed E-state index contributed by atoms with van der Waals surface area (Å²) in [5, 5.41) is 0. The van der Waals surface area contributed by atoms with Crippen molar-refractivity contribution in [3.63, 3.8) is 0 Å². The Morgan fingerprint density at radius 3 is 2.70 bits per heavy atom. The van der Waals surface area contributed by atoms with Crippen molar-refractivity contribution < 1.29 is 4.74 Å². The molecule has 1 atom stereocenters. The van der Waals surface area contributed by atoms with Crippen LogP contribution in [0.3, 0.4) is 0 Å². The maximum atomic E-state index is 5.97. The molecule has 20 heavy (non-hydrogen) atoms. The quantitative estimate of drug-likeness (QED) is 0.923. The standard InChI is InChI=1S/C16H27N3O/c1-11(2)14-6-13(8-17)7-15(18-14)19-9-12(3)20-16(4,5)10-19/h6-7,11-12H,8-10,17H2,1-5H3. The van der Waals surface area contributed by atoms with Crippen LogP contribution in [0.5, 0.6) is 0 Å². The van der Waals surface area contributed by atoms with Crippen LogP contribution < -0.4 is 10.6 Å². The average molecular weight is 277 g/mol. The summed E-state index contributed by atoms with van der Waals surface area (Å²) in [4.78, 5) is 7.14. The molecule has 1 fully saturated rings. The van der Waals surface area contributed by atoms with Gasteiger partial charge in [0.05, 0.1) is 11.7 Å². The Kier molecular flexibility index (Phi) is 4.35. The van der Waals surface area contributed by atoms with Gasteiger partial charge in [0.1, 0.15) is 5.82 Å². The van der Waals surface area contributed by atoms with Crippen LogP contribution in [-0.4, -0.2) is 29.8 Å². The minimum atomic E-state index is -0.143. The van der Waals surface area contributed by atoms with Gasteiger partial charge in [-0.25, -0.2) is 4.98 Å². The zero-order valence-corrected chi connectivity index (χ0v) is 13.3. The third-order valence-electron chi connectivity index (χ3n) is 3.61. The molecule has 2 N–H and O–H groups in total. The summed E-state index contributed by atoms with van der Waals surface area (Å²) < 4.78 is 5.97. The molecule has 0 radical (unpaired) electrons. The van der Waals surface area contributed by atoms with Gasteiger partial charge in [-0.3, -0.25) is 0 Å². The fourth-order valence-electron chi connectivity index (χ4n) is 2.80. The van der Waals surface area contributed by atoms with Gasteiger partial charge >= 0.3 is 0 Å². The van der Waals surface area contributed by atoms with Gasteiger partial charge in [0.25, 0.3) is 0 Å². The van der Waals surface area contributed by atoms with Crippen molar-refractivity contribution in [3.05, 3.63) is 23.4 Å². The summed E-state index contributed by atoms with van der Waals surface area (Å²) in [5.41, 5.74) is 7.94. The Balaban J connectivity index is 2.33. The minimum Gasteiger partial charge on any atom is -0.369 e. The molecule has 0 bridgehead atoms. The van der Waals surface area contributed by atoms with Crippen molar-refractivity contribution in [2.24, 2.45) is 5.73 Å². The number of hydrogen-bond acceptors (Lipinski definition) is 4. The van der Waals surface area contributed by atoms with E-state index in [0.717, 1.165) is 30.2 Å². The molecule has 1 aliphatic rings. The number of hydrogen-bond donors (Lipinski definition) is 1. The monoisotopic (exact) mass is 277 g/mol. The number of ether oxygens (including phenoxy) is 1. The highest BCUT2D eigenvalue weighted by atomic mass is 16.5. The summed E-state index contributed by atoms with van der Waals surface area (Å²) in [7, 11) is 0. The van der Waals surface area contributed by atoms with E-state index in [1.165, 1.54) is 0 Å². The van der Waals surface area contributed by atoms with E-state index in [0.29, 0.717) is 12.5 Å². The minimum absolute atomic E-state index is 0.143. The van der Waals surface area contributed by atoms with Crippen LogP contribution in [0.15, 0.2) is 12.1 Å². The lowest BCUT2D eigenvalue weighted by molar-refractivity contribution is -0.0751. The third kappa shape index (κ3) is 3.49. The highest BCUT2D eigenvalue weighted by Crippen LogP contribution is 2.27. The molecule has 1 aliphatic heterocycles. The summed E-state index contributed by atoms with van der Waals surface area (Å²) in [6.07, 6.45) is 0.213. The lowest BCUT2D eigenvalue weighted by Crippen LogP contribution is -2.52. The molecule has 1 saturated heterocycles. The highest BCUT2D eigenvalue weighted by molar-refractivity contribution is 5.44. The third-order valence-corrected chi connectivity index (χ3v) is 3.61. The molecule has 2 rings (SSSR count). The number of nitrogens with zero attached hydrogens (tertiary/aromatic N) is 2. The molecule has 4 heteroatoms. The smallest absolute Gasteiger partial charge is 0.129 e. The maximum absolute atomic E-state index is 5.97. The Morgan fingerprint density at radius 1 is 1.45 bits per heavy atom. The van der Waals surface area contributed by atoms with E-state index in [-0.39, 0.29) is 11.7 Å². The number of nitrogens with two attached hydrogens (primary N) is 1. The molecule has 0 aromatic carbocycles. The Labute approximate surface area is 122 Å². The highest BCUT2D eigenvalue weighted by Gasteiger charge is 2.32. The molecule has 1 aromatic heterocycles. The molecular weight excluding hydrogens is 250 g/mol. The largest absolute Gasteiger partial charge is 0.369 e. The first-order valence-corrected chi connectivity index (χ1v) is 7.44. The summed E-state index contributed by atoms with van der Waals surface area (Å²) in [6.45, 7) is 13.0. The molecule has 1 unspecified atom stereocenters. The van der Waals surface area contributed by atoms with E-state index in [2.05, 4.69) is 51.7 Å². The van der Waals surface area contributed by atoms with Crippen LogP contribution in [0, 0.1) is 0 Å². The molecule has 0 spiro atoms. The van der Waals surface area contributed by atoms with Crippen LogP contribution in [-0.2, 0) is 11.3 Å². The van der Waals surface area contributed by atoms with Crippen molar-refractivity contribution in [1.82, 2.24) is 4.98 Å². The predicted molar refractivity (Wildman–Crippen MR) is 83.1 cm³/mol. The lowest BCUT2D eigenvalue weighted by Gasteiger charge is -2.42. The second-order valence-electron chi connectivity index (χ2n) is 6.69. The van der Waals surface area contributed by atoms with Crippen molar-refractivity contribution in [3.8, 4) is 0 Å². The van der Waals surface area contributed by atoms with Crippen LogP contribution in [0.2, 0.25) is 0 Å². The summed E-state index contributed by atoms with van der Waals surface area (Å²) in [6, 6.07) is 4.23. The topological polar surface area (TPSA) is 51.4 Å². The maximum Gasteiger partial charge on any atom is 0.129 e. The Bertz CT molecular complexity index is 471. The number of anilines is 1. The number of rotatable bonds is 3. The Morgan fingerprint density at radius 2 is 2.15 bits per heavy atom. The SMILES string of the molecule is CC1CN(c2cc(CN)cc(C(C)C)n2)CC(C)(C)O1. The number of morpholine rings is 1. The predicted octanol–water partition coefficient (Wildman–Crippen LogP) is 2.67. The van der Waals surface area contributed by atoms with Crippen molar-refractivity contribution in [2.75, 3.05) is 18.0 Å². The van der Waals surface area contributed by atoms with Crippen molar-refractivity contribution in [2.45, 2.75) is 58.8 Å². The van der Waals surface area contributed by atoms with Crippen LogP contribution in [0.1, 0.15) is 51.8 Å². The molecule has 112 valence electrons. The van der Waals surface area contributed by atoms with E-state index in [1.807, 2.05) is 0 Å². The van der Waals surface area contributed by atoms with Gasteiger partial charge in [-0.15, -0.1) is 0 Å². The molecule has 2 heterocycles. The van der Waals surface area contributed by atoms with Gasteiger partial charge in [-0.2, -0.15) is 0 Å². The van der Waals surface area contributed by atoms with E-state index >= 15 is 0 Å². The molecule has 4 nitrogen and oxygen atoms in total. The zero-order valence-electron chi connectivity index (χ0n) is 13.3. The normalized spacial score (nSPS) is 22.4. The summed E-state index contributed by atoms with van der Waals surface area (Å²) in [5.74, 6) is 1.44. The van der Waals surface area contributed by atoms with Gasteiger partial charge < -0.3 is 15.4 Å². The average Bonchev–Trinajstić information content (AvgIpc) is 2.35. The summed E-state index contributed by atoms with van der Waals surface area (Å²) >= 11 is 0. The Hall–Kier alpha value is -1.13. The van der Waals surface area contributed by atoms with Crippen LogP contribution in [0.25, 0.3) is 0 Å². The lowest BCUT2D eigenvalue weighted by atomic mass is 10.0. The van der Waals surface area contributed by atoms with Crippen molar-refractivity contribution >= 4 is 5.82 Å². The van der Waals surface area contributed by atoms with Gasteiger partial charge in [0.2, 0.25) is 0 Å². The fourth-order valence-corrected chi connectivity index (χ4v) is 2.80. The second-order valence-corrected chi connectivity index (χ2v) is 6.69. The van der Waals surface area contributed by atoms with Crippen molar-refractivity contribution in [1.29, 1.82) is 0 Å². The molecule has 1 aromatic rings. The van der Waals surface area contributed by atoms with Crippen LogP contribution >= 0.6 is 0 Å². The molecule has 0 aliphatic carbocycles. The number of aromatic nitrogens is 1. The van der Waals surface area contributed by atoms with Gasteiger partial charge in [-0.05, 0) is 44.4 Å². The van der Waals surface area contributed by atoms with E-state index in [4.69, 9.17) is 15.5 Å².